The van der Waals surface area contributed by atoms with Gasteiger partial charge in [0, 0.05) is 13.0 Å². The fourth-order valence-corrected chi connectivity index (χ4v) is 5.75. The summed E-state index contributed by atoms with van der Waals surface area (Å²) in [6, 6.07) is 9.99. The number of amides is 1. The van der Waals surface area contributed by atoms with Gasteiger partial charge in [-0.3, -0.25) is 14.4 Å². The highest BCUT2D eigenvalue weighted by atomic mass is 16.5. The molecule has 1 aromatic carbocycles. The third-order valence-electron chi connectivity index (χ3n) is 8.15. The predicted octanol–water partition coefficient (Wildman–Crippen LogP) is 6.58. The zero-order valence-corrected chi connectivity index (χ0v) is 26.6. The first-order valence-corrected chi connectivity index (χ1v) is 16.0. The number of ketones is 1. The van der Waals surface area contributed by atoms with Crippen molar-refractivity contribution in [2.75, 3.05) is 19.8 Å². The Morgan fingerprint density at radius 3 is 2.17 bits per heavy atom. The van der Waals surface area contributed by atoms with E-state index in [1.807, 2.05) is 30.3 Å². The molecule has 0 N–H and O–H groups in total. The second-order valence-corrected chi connectivity index (χ2v) is 11.8. The zero-order chi connectivity index (χ0) is 31.0. The molecule has 236 valence electrons. The van der Waals surface area contributed by atoms with Crippen LogP contribution in [0.4, 0.5) is 0 Å². The zero-order valence-electron chi connectivity index (χ0n) is 26.6. The number of benzene rings is 1. The highest BCUT2D eigenvalue weighted by Gasteiger charge is 2.66. The maximum absolute atomic E-state index is 13.9. The van der Waals surface area contributed by atoms with Crippen LogP contribution >= 0.6 is 0 Å². The number of hydrogen-bond donors (Lipinski definition) is 0. The molecule has 0 saturated carbocycles. The summed E-state index contributed by atoms with van der Waals surface area (Å²) in [4.78, 5) is 54.4. The molecule has 1 fully saturated rings. The molecule has 8 heteroatoms. The van der Waals surface area contributed by atoms with Crippen LogP contribution < -0.4 is 0 Å². The molecule has 0 spiro atoms. The van der Waals surface area contributed by atoms with Gasteiger partial charge in [0.2, 0.25) is 11.4 Å². The molecule has 1 aromatic rings. The molecule has 1 amide bonds. The molecule has 0 aromatic heterocycles. The van der Waals surface area contributed by atoms with E-state index in [1.165, 1.54) is 4.90 Å². The summed E-state index contributed by atoms with van der Waals surface area (Å²) in [5.41, 5.74) is -1.89. The van der Waals surface area contributed by atoms with Gasteiger partial charge in [0.15, 0.2) is 5.78 Å². The van der Waals surface area contributed by atoms with Crippen LogP contribution in [0.2, 0.25) is 0 Å². The maximum atomic E-state index is 13.9. The lowest BCUT2D eigenvalue weighted by atomic mass is 9.79. The van der Waals surface area contributed by atoms with Crippen molar-refractivity contribution in [1.82, 2.24) is 4.90 Å². The van der Waals surface area contributed by atoms with Crippen molar-refractivity contribution in [1.29, 1.82) is 0 Å². The van der Waals surface area contributed by atoms with Crippen LogP contribution in [0.1, 0.15) is 117 Å². The fraction of sp³-hybridized carbons (Fsp3) is 0.706. The number of unbranched alkanes of at least 4 members (excludes halogenated alkanes) is 6. The summed E-state index contributed by atoms with van der Waals surface area (Å²) in [6.45, 7) is 10.1. The number of nitrogens with zero attached hydrogens (tertiary/aromatic N) is 1. The van der Waals surface area contributed by atoms with Crippen LogP contribution in [-0.2, 0) is 40.0 Å². The average molecular weight is 588 g/mol. The van der Waals surface area contributed by atoms with E-state index in [4.69, 9.17) is 14.2 Å². The molecule has 1 aliphatic rings. The molecular formula is C34H53NO7. The summed E-state index contributed by atoms with van der Waals surface area (Å²) in [6.07, 6.45) is 8.92. The quantitative estimate of drug-likeness (QED) is 0.0910. The van der Waals surface area contributed by atoms with Crippen molar-refractivity contribution in [3.05, 3.63) is 35.9 Å². The Kier molecular flexibility index (Phi) is 15.2. The topological polar surface area (TPSA) is 99.2 Å². The number of likely N-dealkylation sites (tertiary alicyclic amines) is 1. The van der Waals surface area contributed by atoms with Crippen LogP contribution in [0.15, 0.2) is 30.3 Å². The van der Waals surface area contributed by atoms with Crippen molar-refractivity contribution in [2.45, 2.75) is 130 Å². The van der Waals surface area contributed by atoms with Crippen LogP contribution in [0.3, 0.4) is 0 Å². The average Bonchev–Trinajstić information content (AvgIpc) is 3.12. The van der Waals surface area contributed by atoms with Gasteiger partial charge in [0.05, 0.1) is 25.9 Å². The van der Waals surface area contributed by atoms with Gasteiger partial charge in [0.25, 0.3) is 0 Å². The van der Waals surface area contributed by atoms with E-state index in [-0.39, 0.29) is 37.6 Å². The van der Waals surface area contributed by atoms with E-state index >= 15 is 0 Å². The minimum Gasteiger partial charge on any atom is -0.466 e. The van der Waals surface area contributed by atoms with Crippen molar-refractivity contribution in [3.63, 3.8) is 0 Å². The molecular weight excluding hydrogens is 534 g/mol. The molecule has 0 radical (unpaired) electrons. The van der Waals surface area contributed by atoms with Gasteiger partial charge in [-0.2, -0.15) is 0 Å². The first-order valence-electron chi connectivity index (χ1n) is 16.0. The normalized spacial score (nSPS) is 18.7. The first-order chi connectivity index (χ1) is 20.1. The van der Waals surface area contributed by atoms with E-state index in [2.05, 4.69) is 6.92 Å². The standard InChI is InChI=1S/C34H53NO7/c1-6-9-10-16-21-28(42-26-27-19-14-13-15-20-27)23-25-35-31(38)33(4,5)30(37)34(35,32(39)41-8-3)24-18-12-11-17-22-29(36)40-7-2/h13-15,19-20,28H,6-12,16-18,21-26H2,1-5H3. The fourth-order valence-electron chi connectivity index (χ4n) is 5.75. The van der Waals surface area contributed by atoms with Crippen LogP contribution in [0, 0.1) is 5.41 Å². The SMILES string of the molecule is CCCCCCC(CCN1C(=O)C(C)(C)C(=O)C1(CCCCCCC(=O)OCC)C(=O)OCC)OCc1ccccc1. The number of carbonyl (C=O) groups excluding carboxylic acids is 4. The van der Waals surface area contributed by atoms with Crippen LogP contribution in [-0.4, -0.2) is 59.9 Å². The van der Waals surface area contributed by atoms with Gasteiger partial charge in [-0.05, 0) is 58.9 Å². The lowest BCUT2D eigenvalue weighted by molar-refractivity contribution is -0.163. The number of hydrogen-bond acceptors (Lipinski definition) is 7. The minimum atomic E-state index is -1.65. The van der Waals surface area contributed by atoms with Gasteiger partial charge in [0.1, 0.15) is 5.41 Å². The Labute approximate surface area is 252 Å². The number of rotatable bonds is 21. The summed E-state index contributed by atoms with van der Waals surface area (Å²) in [5.74, 6) is -1.60. The van der Waals surface area contributed by atoms with Crippen molar-refractivity contribution in [3.8, 4) is 0 Å². The molecule has 1 saturated heterocycles. The molecule has 42 heavy (non-hydrogen) atoms. The summed E-state index contributed by atoms with van der Waals surface area (Å²) in [7, 11) is 0. The first kappa shape index (κ1) is 35.5. The van der Waals surface area contributed by atoms with E-state index in [0.29, 0.717) is 38.9 Å². The molecule has 0 bridgehead atoms. The number of carbonyl (C=O) groups is 4. The van der Waals surface area contributed by atoms with Gasteiger partial charge in [-0.1, -0.05) is 82.2 Å². The summed E-state index contributed by atoms with van der Waals surface area (Å²) >= 11 is 0. The van der Waals surface area contributed by atoms with E-state index in [9.17, 15) is 19.2 Å². The number of Topliss-reactive ketones (excluding diaryl/α,β-unsaturated/α-hetero) is 1. The smallest absolute Gasteiger partial charge is 0.339 e. The van der Waals surface area contributed by atoms with Gasteiger partial charge >= 0.3 is 11.9 Å². The Bertz CT molecular complexity index is 993. The van der Waals surface area contributed by atoms with Crippen LogP contribution in [0.5, 0.6) is 0 Å². The van der Waals surface area contributed by atoms with Gasteiger partial charge in [-0.25, -0.2) is 4.79 Å². The molecule has 1 aliphatic heterocycles. The molecule has 1 heterocycles. The largest absolute Gasteiger partial charge is 0.466 e. The molecule has 2 atom stereocenters. The molecule has 8 nitrogen and oxygen atoms in total. The van der Waals surface area contributed by atoms with Crippen LogP contribution in [0.25, 0.3) is 0 Å². The Morgan fingerprint density at radius 2 is 1.50 bits per heavy atom. The second-order valence-electron chi connectivity index (χ2n) is 11.8. The number of esters is 2. The molecule has 2 rings (SSSR count). The molecule has 0 aliphatic carbocycles. The lowest BCUT2D eigenvalue weighted by Gasteiger charge is -2.35. The van der Waals surface area contributed by atoms with Crippen molar-refractivity contribution in [2.24, 2.45) is 5.41 Å². The molecule has 2 unspecified atom stereocenters. The van der Waals surface area contributed by atoms with E-state index in [0.717, 1.165) is 50.5 Å². The Hall–Kier alpha value is -2.74. The Balaban J connectivity index is 2.19. The Morgan fingerprint density at radius 1 is 0.833 bits per heavy atom. The van der Waals surface area contributed by atoms with E-state index in [1.54, 1.807) is 27.7 Å². The lowest BCUT2D eigenvalue weighted by Crippen LogP contribution is -2.57. The monoisotopic (exact) mass is 587 g/mol. The van der Waals surface area contributed by atoms with E-state index < -0.39 is 22.7 Å². The number of ether oxygens (including phenoxy) is 3. The third kappa shape index (κ3) is 9.65. The second kappa shape index (κ2) is 18.0. The highest BCUT2D eigenvalue weighted by Crippen LogP contribution is 2.43. The summed E-state index contributed by atoms with van der Waals surface area (Å²) < 4.78 is 16.8. The maximum Gasteiger partial charge on any atom is 0.339 e. The van der Waals surface area contributed by atoms with Gasteiger partial charge in [-0.15, -0.1) is 0 Å². The predicted molar refractivity (Wildman–Crippen MR) is 163 cm³/mol. The van der Waals surface area contributed by atoms with Gasteiger partial charge < -0.3 is 19.1 Å². The third-order valence-corrected chi connectivity index (χ3v) is 8.15. The van der Waals surface area contributed by atoms with Crippen molar-refractivity contribution >= 4 is 23.6 Å². The summed E-state index contributed by atoms with van der Waals surface area (Å²) in [5, 5.41) is 0. The minimum absolute atomic E-state index is 0.114. The van der Waals surface area contributed by atoms with Crippen molar-refractivity contribution < 1.29 is 33.4 Å². The highest BCUT2D eigenvalue weighted by molar-refractivity contribution is 6.25.